The van der Waals surface area contributed by atoms with E-state index in [2.05, 4.69) is 43.6 Å². The van der Waals surface area contributed by atoms with E-state index in [9.17, 15) is 10.4 Å². The van der Waals surface area contributed by atoms with Gasteiger partial charge >= 0.3 is 0 Å². The van der Waals surface area contributed by atoms with Gasteiger partial charge in [0.1, 0.15) is 6.07 Å². The zero-order valence-corrected chi connectivity index (χ0v) is 20.4. The van der Waals surface area contributed by atoms with Gasteiger partial charge < -0.3 is 20.6 Å². The Labute approximate surface area is 205 Å². The molecule has 3 aromatic rings. The summed E-state index contributed by atoms with van der Waals surface area (Å²) in [5.41, 5.74) is 5.19. The number of fused-ring (bicyclic) bond motifs is 1. The van der Waals surface area contributed by atoms with Crippen molar-refractivity contribution in [1.29, 1.82) is 5.26 Å². The number of anilines is 3. The Morgan fingerprint density at radius 1 is 1.23 bits per heavy atom. The fourth-order valence-corrected chi connectivity index (χ4v) is 4.74. The molecule has 1 unspecified atom stereocenters. The summed E-state index contributed by atoms with van der Waals surface area (Å²) in [6.07, 6.45) is 3.66. The number of likely N-dealkylation sites (N-methyl/N-ethyl adjacent to an activating group) is 1. The number of aromatic nitrogens is 4. The highest BCUT2D eigenvalue weighted by molar-refractivity contribution is 5.76. The number of nitrogens with one attached hydrogen (secondary N) is 2. The second-order valence-electron chi connectivity index (χ2n) is 9.76. The molecule has 0 radical (unpaired) electrons. The van der Waals surface area contributed by atoms with Crippen LogP contribution >= 0.6 is 0 Å². The van der Waals surface area contributed by atoms with Crippen molar-refractivity contribution >= 4 is 17.3 Å². The third-order valence-electron chi connectivity index (χ3n) is 6.99. The molecule has 2 aromatic heterocycles. The van der Waals surface area contributed by atoms with Gasteiger partial charge in [-0.3, -0.25) is 9.58 Å². The molecule has 3 N–H and O–H groups in total. The minimum Gasteiger partial charge on any atom is -0.395 e. The Kier molecular flexibility index (Phi) is 6.15. The molecule has 0 spiro atoms. The van der Waals surface area contributed by atoms with Crippen LogP contribution in [-0.4, -0.2) is 81.0 Å². The SMILES string of the molecule is CN1CCN(Cc2nn(C)cc2Nc2nccc(-c3cc(C#N)c4c(c3)C(C)(CO)CN4)n2)CC1. The predicted octanol–water partition coefficient (Wildman–Crippen LogP) is 1.92. The highest BCUT2D eigenvalue weighted by Gasteiger charge is 2.36. The molecule has 1 fully saturated rings. The standard InChI is InChI=1S/C25H31N9O/c1-25(16-35)15-28-23-18(12-26)10-17(11-19(23)25)20-4-5-27-24(29-20)30-21-13-33(3)31-22(21)14-34-8-6-32(2)7-9-34/h4-5,10-11,13,28,35H,6-9,14-16H2,1-3H3,(H,27,29,30). The van der Waals surface area contributed by atoms with Crippen LogP contribution in [0, 0.1) is 11.3 Å². The lowest BCUT2D eigenvalue weighted by atomic mass is 9.83. The van der Waals surface area contributed by atoms with Crippen LogP contribution in [0.5, 0.6) is 0 Å². The van der Waals surface area contributed by atoms with Crippen LogP contribution < -0.4 is 10.6 Å². The molecule has 1 aromatic carbocycles. The van der Waals surface area contributed by atoms with E-state index in [4.69, 9.17) is 4.98 Å². The smallest absolute Gasteiger partial charge is 0.227 e. The summed E-state index contributed by atoms with van der Waals surface area (Å²) in [6.45, 7) is 7.47. The molecule has 0 saturated carbocycles. The van der Waals surface area contributed by atoms with Crippen LogP contribution in [0.3, 0.4) is 0 Å². The second-order valence-corrected chi connectivity index (χ2v) is 9.76. The van der Waals surface area contributed by atoms with Crippen LogP contribution in [0.4, 0.5) is 17.3 Å². The number of rotatable bonds is 6. The van der Waals surface area contributed by atoms with Gasteiger partial charge in [0.25, 0.3) is 0 Å². The van der Waals surface area contributed by atoms with E-state index >= 15 is 0 Å². The van der Waals surface area contributed by atoms with Gasteiger partial charge in [-0.05, 0) is 30.8 Å². The number of benzene rings is 1. The van der Waals surface area contributed by atoms with Gasteiger partial charge in [0, 0.05) is 69.7 Å². The molecular formula is C25H31N9O. The van der Waals surface area contributed by atoms with Gasteiger partial charge in [-0.2, -0.15) is 10.4 Å². The molecule has 1 atom stereocenters. The average Bonchev–Trinajstić information content (AvgIpc) is 3.39. The van der Waals surface area contributed by atoms with Gasteiger partial charge in [-0.25, -0.2) is 9.97 Å². The summed E-state index contributed by atoms with van der Waals surface area (Å²) in [4.78, 5) is 13.9. The minimum absolute atomic E-state index is 0.00497. The Morgan fingerprint density at radius 2 is 2.03 bits per heavy atom. The number of nitrogens with zero attached hydrogens (tertiary/aromatic N) is 7. The maximum atomic E-state index is 9.99. The highest BCUT2D eigenvalue weighted by Crippen LogP contribution is 2.41. The Balaban J connectivity index is 1.42. The van der Waals surface area contributed by atoms with Gasteiger partial charge in [-0.15, -0.1) is 0 Å². The maximum absolute atomic E-state index is 9.99. The molecule has 1 saturated heterocycles. The fourth-order valence-electron chi connectivity index (χ4n) is 4.74. The molecule has 10 nitrogen and oxygen atoms in total. The number of nitriles is 1. The quantitative estimate of drug-likeness (QED) is 0.493. The van der Waals surface area contributed by atoms with E-state index in [1.54, 1.807) is 10.9 Å². The first-order valence-corrected chi connectivity index (χ1v) is 11.9. The summed E-state index contributed by atoms with van der Waals surface area (Å²) in [5, 5.41) is 31.0. The first-order chi connectivity index (χ1) is 16.9. The topological polar surface area (TPSA) is 118 Å². The van der Waals surface area contributed by atoms with Crippen molar-refractivity contribution < 1.29 is 5.11 Å². The number of piperazine rings is 1. The van der Waals surface area contributed by atoms with Crippen molar-refractivity contribution in [1.82, 2.24) is 29.5 Å². The number of aliphatic hydroxyl groups excluding tert-OH is 1. The molecule has 35 heavy (non-hydrogen) atoms. The third kappa shape index (κ3) is 4.58. The van der Waals surface area contributed by atoms with Crippen LogP contribution in [0.25, 0.3) is 11.3 Å². The summed E-state index contributed by atoms with van der Waals surface area (Å²) in [7, 11) is 4.06. The zero-order valence-electron chi connectivity index (χ0n) is 20.4. The summed E-state index contributed by atoms with van der Waals surface area (Å²) in [5.74, 6) is 0.470. The average molecular weight is 474 g/mol. The normalized spacial score (nSPS) is 20.3. The van der Waals surface area contributed by atoms with E-state index in [1.807, 2.05) is 38.4 Å². The van der Waals surface area contributed by atoms with Crippen molar-refractivity contribution in [2.75, 3.05) is 57.0 Å². The first kappa shape index (κ1) is 23.2. The van der Waals surface area contributed by atoms with E-state index in [0.717, 1.165) is 60.9 Å². The second kappa shape index (κ2) is 9.26. The summed E-state index contributed by atoms with van der Waals surface area (Å²) < 4.78 is 1.81. The minimum atomic E-state index is -0.446. The lowest BCUT2D eigenvalue weighted by Gasteiger charge is -2.31. The molecule has 0 bridgehead atoms. The first-order valence-electron chi connectivity index (χ1n) is 11.9. The Bertz CT molecular complexity index is 1270. The van der Waals surface area contributed by atoms with Crippen molar-refractivity contribution in [3.63, 3.8) is 0 Å². The summed E-state index contributed by atoms with van der Waals surface area (Å²) >= 11 is 0. The van der Waals surface area contributed by atoms with E-state index in [1.165, 1.54) is 0 Å². The third-order valence-corrected chi connectivity index (χ3v) is 6.99. The fraction of sp³-hybridized carbons (Fsp3) is 0.440. The lowest BCUT2D eigenvalue weighted by molar-refractivity contribution is 0.147. The van der Waals surface area contributed by atoms with Gasteiger partial charge in [-0.1, -0.05) is 6.92 Å². The highest BCUT2D eigenvalue weighted by atomic mass is 16.3. The van der Waals surface area contributed by atoms with Crippen molar-refractivity contribution in [3.05, 3.63) is 47.4 Å². The molecule has 2 aliphatic rings. The Hall–Kier alpha value is -3.52. The maximum Gasteiger partial charge on any atom is 0.227 e. The molecule has 182 valence electrons. The van der Waals surface area contributed by atoms with E-state index < -0.39 is 5.41 Å². The molecule has 2 aliphatic heterocycles. The van der Waals surface area contributed by atoms with Crippen LogP contribution in [0.2, 0.25) is 0 Å². The molecule has 0 amide bonds. The molecule has 10 heteroatoms. The van der Waals surface area contributed by atoms with Crippen molar-refractivity contribution in [3.8, 4) is 17.3 Å². The van der Waals surface area contributed by atoms with Crippen LogP contribution in [0.1, 0.15) is 23.7 Å². The number of aliphatic hydroxyl groups is 1. The van der Waals surface area contributed by atoms with Crippen molar-refractivity contribution in [2.45, 2.75) is 18.9 Å². The molecule has 0 aliphatic carbocycles. The van der Waals surface area contributed by atoms with E-state index in [0.29, 0.717) is 23.8 Å². The number of hydrogen-bond acceptors (Lipinski definition) is 9. The summed E-state index contributed by atoms with van der Waals surface area (Å²) in [6, 6.07) is 7.97. The molecular weight excluding hydrogens is 442 g/mol. The van der Waals surface area contributed by atoms with Gasteiger partial charge in [0.2, 0.25) is 5.95 Å². The zero-order chi connectivity index (χ0) is 24.6. The van der Waals surface area contributed by atoms with Gasteiger partial charge in [0.15, 0.2) is 0 Å². The van der Waals surface area contributed by atoms with E-state index in [-0.39, 0.29) is 6.61 Å². The molecule has 5 rings (SSSR count). The predicted molar refractivity (Wildman–Crippen MR) is 134 cm³/mol. The Morgan fingerprint density at radius 3 is 2.77 bits per heavy atom. The van der Waals surface area contributed by atoms with Crippen LogP contribution in [-0.2, 0) is 19.0 Å². The largest absolute Gasteiger partial charge is 0.395 e. The van der Waals surface area contributed by atoms with Gasteiger partial charge in [0.05, 0.1) is 34.9 Å². The number of hydrogen-bond donors (Lipinski definition) is 3. The van der Waals surface area contributed by atoms with Crippen molar-refractivity contribution in [2.24, 2.45) is 7.05 Å². The monoisotopic (exact) mass is 473 g/mol. The van der Waals surface area contributed by atoms with Crippen LogP contribution in [0.15, 0.2) is 30.6 Å². The lowest BCUT2D eigenvalue weighted by Crippen LogP contribution is -2.44. The number of aryl methyl sites for hydroxylation is 1. The molecule has 4 heterocycles.